The molecule has 0 saturated heterocycles. The molecule has 1 aromatic carbocycles. The van der Waals surface area contributed by atoms with Crippen molar-refractivity contribution in [1.29, 1.82) is 0 Å². The minimum atomic E-state index is -3.34. The van der Waals surface area contributed by atoms with Gasteiger partial charge in [-0.1, -0.05) is 22.0 Å². The Morgan fingerprint density at radius 2 is 2.04 bits per heavy atom. The SMILES string of the molecule is CC(C)(CNC(=O)CSCc1ccc(Br)cc1F)NS(C)(=O)=O. The van der Waals surface area contributed by atoms with Gasteiger partial charge in [-0.25, -0.2) is 17.5 Å². The minimum Gasteiger partial charge on any atom is -0.354 e. The highest BCUT2D eigenvalue weighted by Gasteiger charge is 2.22. The number of hydrogen-bond acceptors (Lipinski definition) is 4. The smallest absolute Gasteiger partial charge is 0.230 e. The maximum atomic E-state index is 13.6. The van der Waals surface area contributed by atoms with Crippen molar-refractivity contribution in [3.05, 3.63) is 34.1 Å². The Bertz CT molecular complexity index is 666. The summed E-state index contributed by atoms with van der Waals surface area (Å²) >= 11 is 4.48. The van der Waals surface area contributed by atoms with Crippen molar-refractivity contribution in [2.75, 3.05) is 18.6 Å². The van der Waals surface area contributed by atoms with Crippen LogP contribution in [0.25, 0.3) is 0 Å². The number of hydrogen-bond donors (Lipinski definition) is 2. The first-order valence-electron chi connectivity index (χ1n) is 6.76. The monoisotopic (exact) mass is 426 g/mol. The average molecular weight is 427 g/mol. The second kappa shape index (κ2) is 8.46. The molecule has 0 aliphatic heterocycles. The number of rotatable bonds is 8. The van der Waals surface area contributed by atoms with E-state index in [4.69, 9.17) is 0 Å². The number of benzene rings is 1. The average Bonchev–Trinajstić information content (AvgIpc) is 2.36. The number of sulfonamides is 1. The summed E-state index contributed by atoms with van der Waals surface area (Å²) < 4.78 is 39.2. The van der Waals surface area contributed by atoms with Crippen LogP contribution in [0, 0.1) is 5.82 Å². The summed E-state index contributed by atoms with van der Waals surface area (Å²) in [6, 6.07) is 4.80. The van der Waals surface area contributed by atoms with Crippen molar-refractivity contribution >= 4 is 43.6 Å². The van der Waals surface area contributed by atoms with Gasteiger partial charge in [0.2, 0.25) is 15.9 Å². The first kappa shape index (κ1) is 20.4. The van der Waals surface area contributed by atoms with Gasteiger partial charge in [0.1, 0.15) is 5.82 Å². The van der Waals surface area contributed by atoms with Crippen LogP contribution < -0.4 is 10.0 Å². The topological polar surface area (TPSA) is 75.3 Å². The van der Waals surface area contributed by atoms with E-state index in [1.807, 2.05) is 0 Å². The molecule has 0 aliphatic rings. The van der Waals surface area contributed by atoms with Gasteiger partial charge in [0.15, 0.2) is 0 Å². The Morgan fingerprint density at radius 1 is 1.39 bits per heavy atom. The standard InChI is InChI=1S/C14H20BrFN2O3S2/c1-14(2,18-23(3,20)21)9-17-13(19)8-22-7-10-4-5-11(15)6-12(10)16/h4-6,18H,7-9H2,1-3H3,(H,17,19). The van der Waals surface area contributed by atoms with Crippen molar-refractivity contribution in [2.24, 2.45) is 0 Å². The van der Waals surface area contributed by atoms with Gasteiger partial charge in [0.25, 0.3) is 0 Å². The van der Waals surface area contributed by atoms with Gasteiger partial charge in [-0.15, -0.1) is 11.8 Å². The summed E-state index contributed by atoms with van der Waals surface area (Å²) in [5.41, 5.74) is -0.240. The molecule has 0 aliphatic carbocycles. The third-order valence-corrected chi connectivity index (χ3v) is 5.09. The zero-order valence-corrected chi connectivity index (χ0v) is 16.4. The number of nitrogens with one attached hydrogen (secondary N) is 2. The third kappa shape index (κ3) is 8.69. The van der Waals surface area contributed by atoms with Gasteiger partial charge in [-0.2, -0.15) is 0 Å². The molecule has 1 amide bonds. The van der Waals surface area contributed by atoms with E-state index >= 15 is 0 Å². The Hall–Kier alpha value is -0.640. The highest BCUT2D eigenvalue weighted by Crippen LogP contribution is 2.19. The summed E-state index contributed by atoms with van der Waals surface area (Å²) in [4.78, 5) is 11.8. The molecule has 1 aromatic rings. The van der Waals surface area contributed by atoms with E-state index in [9.17, 15) is 17.6 Å². The first-order valence-corrected chi connectivity index (χ1v) is 10.6. The summed E-state index contributed by atoms with van der Waals surface area (Å²) in [5.74, 6) is 0.0174. The molecule has 0 aromatic heterocycles. The van der Waals surface area contributed by atoms with Crippen molar-refractivity contribution in [2.45, 2.75) is 25.1 Å². The molecular formula is C14H20BrFN2O3S2. The van der Waals surface area contributed by atoms with Gasteiger partial charge >= 0.3 is 0 Å². The summed E-state index contributed by atoms with van der Waals surface area (Å²) in [6.45, 7) is 3.53. The van der Waals surface area contributed by atoms with Gasteiger partial charge in [0, 0.05) is 22.3 Å². The van der Waals surface area contributed by atoms with E-state index < -0.39 is 15.6 Å². The highest BCUT2D eigenvalue weighted by molar-refractivity contribution is 9.10. The second-order valence-electron chi connectivity index (χ2n) is 5.76. The lowest BCUT2D eigenvalue weighted by molar-refractivity contribution is -0.118. The van der Waals surface area contributed by atoms with Crippen LogP contribution in [0.3, 0.4) is 0 Å². The van der Waals surface area contributed by atoms with Crippen molar-refractivity contribution < 1.29 is 17.6 Å². The van der Waals surface area contributed by atoms with Crippen LogP contribution in [-0.2, 0) is 20.6 Å². The quantitative estimate of drug-likeness (QED) is 0.668. The molecule has 2 N–H and O–H groups in total. The predicted octanol–water partition coefficient (Wildman–Crippen LogP) is 2.27. The van der Waals surface area contributed by atoms with Crippen LogP contribution in [-0.4, -0.2) is 38.4 Å². The minimum absolute atomic E-state index is 0.171. The van der Waals surface area contributed by atoms with Crippen LogP contribution in [0.15, 0.2) is 22.7 Å². The van der Waals surface area contributed by atoms with E-state index in [2.05, 4.69) is 26.0 Å². The number of thioether (sulfide) groups is 1. The molecule has 130 valence electrons. The van der Waals surface area contributed by atoms with Crippen molar-refractivity contribution in [3.63, 3.8) is 0 Å². The van der Waals surface area contributed by atoms with Crippen LogP contribution in [0.5, 0.6) is 0 Å². The van der Waals surface area contributed by atoms with E-state index in [1.54, 1.807) is 26.0 Å². The zero-order valence-electron chi connectivity index (χ0n) is 13.2. The van der Waals surface area contributed by atoms with Crippen molar-refractivity contribution in [3.8, 4) is 0 Å². The fourth-order valence-corrected chi connectivity index (χ4v) is 4.05. The molecule has 0 bridgehead atoms. The van der Waals surface area contributed by atoms with Crippen molar-refractivity contribution in [1.82, 2.24) is 10.0 Å². The maximum Gasteiger partial charge on any atom is 0.230 e. The molecule has 23 heavy (non-hydrogen) atoms. The number of carbonyl (C=O) groups is 1. The zero-order chi connectivity index (χ0) is 17.7. The summed E-state index contributed by atoms with van der Waals surface area (Å²) in [5, 5.41) is 2.67. The lowest BCUT2D eigenvalue weighted by Crippen LogP contribution is -2.51. The predicted molar refractivity (Wildman–Crippen MR) is 95.3 cm³/mol. The van der Waals surface area contributed by atoms with Gasteiger partial charge in [-0.05, 0) is 31.5 Å². The molecule has 0 saturated carbocycles. The lowest BCUT2D eigenvalue weighted by Gasteiger charge is -2.25. The van der Waals surface area contributed by atoms with Crippen LogP contribution in [0.2, 0.25) is 0 Å². The molecule has 0 heterocycles. The summed E-state index contributed by atoms with van der Waals surface area (Å²) in [6.07, 6.45) is 1.07. The Kier molecular flexibility index (Phi) is 7.50. The largest absolute Gasteiger partial charge is 0.354 e. The molecule has 0 fully saturated rings. The molecule has 0 spiro atoms. The Morgan fingerprint density at radius 3 is 2.61 bits per heavy atom. The third-order valence-electron chi connectivity index (χ3n) is 2.70. The molecule has 0 radical (unpaired) electrons. The first-order chi connectivity index (χ1) is 10.5. The van der Waals surface area contributed by atoms with Gasteiger partial charge in [0.05, 0.1) is 12.0 Å². The fourth-order valence-electron chi connectivity index (χ4n) is 1.80. The van der Waals surface area contributed by atoms with E-state index in [-0.39, 0.29) is 24.0 Å². The second-order valence-corrected chi connectivity index (χ2v) is 9.41. The van der Waals surface area contributed by atoms with Crippen LogP contribution >= 0.6 is 27.7 Å². The molecule has 1 rings (SSSR count). The van der Waals surface area contributed by atoms with E-state index in [0.29, 0.717) is 15.8 Å². The van der Waals surface area contributed by atoms with Crippen LogP contribution in [0.4, 0.5) is 4.39 Å². The number of amides is 1. The number of carbonyl (C=O) groups excluding carboxylic acids is 1. The molecule has 9 heteroatoms. The number of halogens is 2. The lowest BCUT2D eigenvalue weighted by atomic mass is 10.1. The van der Waals surface area contributed by atoms with E-state index in [1.165, 1.54) is 17.8 Å². The highest BCUT2D eigenvalue weighted by atomic mass is 79.9. The molecule has 0 unspecified atom stereocenters. The molecular weight excluding hydrogens is 407 g/mol. The van der Waals surface area contributed by atoms with Gasteiger partial charge < -0.3 is 5.32 Å². The maximum absolute atomic E-state index is 13.6. The molecule has 0 atom stereocenters. The van der Waals surface area contributed by atoms with Gasteiger partial charge in [-0.3, -0.25) is 4.79 Å². The van der Waals surface area contributed by atoms with E-state index in [0.717, 1.165) is 6.26 Å². The Labute approximate surface area is 149 Å². The molecule has 5 nitrogen and oxygen atoms in total. The normalized spacial score (nSPS) is 12.2. The fraction of sp³-hybridized carbons (Fsp3) is 0.500. The van der Waals surface area contributed by atoms with Crippen LogP contribution in [0.1, 0.15) is 19.4 Å². The summed E-state index contributed by atoms with van der Waals surface area (Å²) in [7, 11) is -3.34. The Balaban J connectivity index is 2.37.